The Labute approximate surface area is 135 Å². The van der Waals surface area contributed by atoms with Crippen LogP contribution >= 0.6 is 28.3 Å². The lowest BCUT2D eigenvalue weighted by atomic mass is 9.83. The second-order valence-corrected chi connectivity index (χ2v) is 6.55. The van der Waals surface area contributed by atoms with Crippen LogP contribution in [0.3, 0.4) is 0 Å². The van der Waals surface area contributed by atoms with Gasteiger partial charge in [-0.2, -0.15) is 0 Å². The Morgan fingerprint density at radius 1 is 1.25 bits per heavy atom. The topological polar surface area (TPSA) is 41.1 Å². The van der Waals surface area contributed by atoms with Gasteiger partial charge in [-0.15, -0.1) is 12.4 Å². The maximum absolute atomic E-state index is 12.5. The maximum atomic E-state index is 12.5. The number of rotatable bonds is 3. The first-order chi connectivity index (χ1) is 9.00. The van der Waals surface area contributed by atoms with E-state index in [0.29, 0.717) is 6.04 Å². The van der Waals surface area contributed by atoms with Crippen LogP contribution in [0.1, 0.15) is 32.3 Å². The second-order valence-electron chi connectivity index (χ2n) is 5.63. The van der Waals surface area contributed by atoms with Crippen molar-refractivity contribution in [2.24, 2.45) is 0 Å². The standard InChI is InChI=1S/C15H21BrN2O.ClH/c1-15(2,11-3-5-12(16)6-4-11)14(19)18-13-7-9-17-10-8-13;/h3-6,13,17H,7-10H2,1-2H3,(H,18,19);1H. The van der Waals surface area contributed by atoms with Crippen molar-refractivity contribution >= 4 is 34.2 Å². The summed E-state index contributed by atoms with van der Waals surface area (Å²) < 4.78 is 1.03. The van der Waals surface area contributed by atoms with Crippen LogP contribution in [0.15, 0.2) is 28.7 Å². The van der Waals surface area contributed by atoms with Crippen molar-refractivity contribution in [3.63, 3.8) is 0 Å². The highest BCUT2D eigenvalue weighted by Crippen LogP contribution is 2.25. The lowest BCUT2D eigenvalue weighted by Gasteiger charge is -2.30. The van der Waals surface area contributed by atoms with Crippen molar-refractivity contribution < 1.29 is 4.79 Å². The molecule has 0 atom stereocenters. The number of carbonyl (C=O) groups is 1. The van der Waals surface area contributed by atoms with Crippen molar-refractivity contribution in [3.8, 4) is 0 Å². The predicted molar refractivity (Wildman–Crippen MR) is 88.5 cm³/mol. The monoisotopic (exact) mass is 360 g/mol. The minimum Gasteiger partial charge on any atom is -0.353 e. The summed E-state index contributed by atoms with van der Waals surface area (Å²) in [5, 5.41) is 6.49. The summed E-state index contributed by atoms with van der Waals surface area (Å²) in [7, 11) is 0. The molecule has 3 nitrogen and oxygen atoms in total. The Balaban J connectivity index is 0.00000200. The third-order valence-corrected chi connectivity index (χ3v) is 4.34. The molecule has 1 heterocycles. The molecule has 1 fully saturated rings. The Morgan fingerprint density at radius 3 is 2.35 bits per heavy atom. The normalized spacial score (nSPS) is 16.4. The summed E-state index contributed by atoms with van der Waals surface area (Å²) in [5.74, 6) is 0.113. The third kappa shape index (κ3) is 4.21. The summed E-state index contributed by atoms with van der Waals surface area (Å²) in [6.45, 7) is 5.94. The third-order valence-electron chi connectivity index (χ3n) is 3.81. The van der Waals surface area contributed by atoms with Crippen LogP contribution in [0, 0.1) is 0 Å². The van der Waals surface area contributed by atoms with Gasteiger partial charge in [-0.1, -0.05) is 28.1 Å². The van der Waals surface area contributed by atoms with Gasteiger partial charge in [-0.05, 0) is 57.5 Å². The number of hydrogen-bond acceptors (Lipinski definition) is 2. The minimum absolute atomic E-state index is 0. The van der Waals surface area contributed by atoms with E-state index in [4.69, 9.17) is 0 Å². The molecule has 0 bridgehead atoms. The van der Waals surface area contributed by atoms with E-state index in [1.54, 1.807) is 0 Å². The lowest BCUT2D eigenvalue weighted by Crippen LogP contribution is -2.48. The van der Waals surface area contributed by atoms with Crippen LogP contribution in [-0.4, -0.2) is 25.0 Å². The predicted octanol–water partition coefficient (Wildman–Crippen LogP) is 3.02. The van der Waals surface area contributed by atoms with Gasteiger partial charge in [-0.3, -0.25) is 4.79 Å². The number of benzene rings is 1. The number of halogens is 2. The average molecular weight is 362 g/mol. The molecule has 112 valence electrons. The summed E-state index contributed by atoms with van der Waals surface area (Å²) >= 11 is 3.42. The van der Waals surface area contributed by atoms with E-state index in [1.165, 1.54) is 0 Å². The molecule has 0 aromatic heterocycles. The largest absolute Gasteiger partial charge is 0.353 e. The molecule has 1 saturated heterocycles. The number of amides is 1. The van der Waals surface area contributed by atoms with Gasteiger partial charge in [0.1, 0.15) is 0 Å². The summed E-state index contributed by atoms with van der Waals surface area (Å²) in [6, 6.07) is 8.28. The van der Waals surface area contributed by atoms with E-state index in [0.717, 1.165) is 36.0 Å². The second kappa shape index (κ2) is 7.43. The van der Waals surface area contributed by atoms with Crippen molar-refractivity contribution in [1.82, 2.24) is 10.6 Å². The van der Waals surface area contributed by atoms with E-state index in [2.05, 4.69) is 26.6 Å². The lowest BCUT2D eigenvalue weighted by molar-refractivity contribution is -0.126. The van der Waals surface area contributed by atoms with Crippen molar-refractivity contribution in [1.29, 1.82) is 0 Å². The van der Waals surface area contributed by atoms with E-state index >= 15 is 0 Å². The molecule has 1 aliphatic rings. The Kier molecular flexibility index (Phi) is 6.49. The smallest absolute Gasteiger partial charge is 0.230 e. The molecule has 0 spiro atoms. The summed E-state index contributed by atoms with van der Waals surface area (Å²) in [5.41, 5.74) is 0.549. The van der Waals surface area contributed by atoms with Crippen LogP contribution in [0.5, 0.6) is 0 Å². The van der Waals surface area contributed by atoms with Gasteiger partial charge in [0.25, 0.3) is 0 Å². The Hall–Kier alpha value is -0.580. The molecule has 2 N–H and O–H groups in total. The van der Waals surface area contributed by atoms with Crippen LogP contribution < -0.4 is 10.6 Å². The molecule has 0 saturated carbocycles. The van der Waals surface area contributed by atoms with Gasteiger partial charge < -0.3 is 10.6 Å². The van der Waals surface area contributed by atoms with Crippen LogP contribution in [0.2, 0.25) is 0 Å². The molecular weight excluding hydrogens is 340 g/mol. The number of nitrogens with one attached hydrogen (secondary N) is 2. The average Bonchev–Trinajstić information content (AvgIpc) is 2.40. The van der Waals surface area contributed by atoms with E-state index in [9.17, 15) is 4.79 Å². The van der Waals surface area contributed by atoms with Crippen molar-refractivity contribution in [2.45, 2.75) is 38.1 Å². The van der Waals surface area contributed by atoms with Crippen LogP contribution in [0.4, 0.5) is 0 Å². The quantitative estimate of drug-likeness (QED) is 0.869. The van der Waals surface area contributed by atoms with Crippen molar-refractivity contribution in [3.05, 3.63) is 34.3 Å². The highest BCUT2D eigenvalue weighted by Gasteiger charge is 2.31. The molecular formula is C15H22BrClN2O. The van der Waals surface area contributed by atoms with Gasteiger partial charge in [-0.25, -0.2) is 0 Å². The first kappa shape index (κ1) is 17.5. The van der Waals surface area contributed by atoms with Gasteiger partial charge >= 0.3 is 0 Å². The fraction of sp³-hybridized carbons (Fsp3) is 0.533. The zero-order valence-corrected chi connectivity index (χ0v) is 14.3. The molecule has 2 rings (SSSR count). The zero-order chi connectivity index (χ0) is 13.9. The van der Waals surface area contributed by atoms with Crippen LogP contribution in [0.25, 0.3) is 0 Å². The van der Waals surface area contributed by atoms with Gasteiger partial charge in [0.05, 0.1) is 5.41 Å². The molecule has 1 aromatic rings. The minimum atomic E-state index is -0.494. The Morgan fingerprint density at radius 2 is 1.80 bits per heavy atom. The molecule has 1 aromatic carbocycles. The van der Waals surface area contributed by atoms with Gasteiger partial charge in [0, 0.05) is 10.5 Å². The van der Waals surface area contributed by atoms with E-state index in [-0.39, 0.29) is 18.3 Å². The number of hydrogen-bond donors (Lipinski definition) is 2. The maximum Gasteiger partial charge on any atom is 0.230 e. The molecule has 5 heteroatoms. The van der Waals surface area contributed by atoms with E-state index < -0.39 is 5.41 Å². The zero-order valence-electron chi connectivity index (χ0n) is 11.9. The first-order valence-corrected chi connectivity index (χ1v) is 7.57. The fourth-order valence-electron chi connectivity index (χ4n) is 2.33. The van der Waals surface area contributed by atoms with Crippen molar-refractivity contribution in [2.75, 3.05) is 13.1 Å². The molecule has 1 amide bonds. The highest BCUT2D eigenvalue weighted by molar-refractivity contribution is 9.10. The summed E-state index contributed by atoms with van der Waals surface area (Å²) in [6.07, 6.45) is 2.03. The van der Waals surface area contributed by atoms with Gasteiger partial charge in [0.2, 0.25) is 5.91 Å². The molecule has 20 heavy (non-hydrogen) atoms. The summed E-state index contributed by atoms with van der Waals surface area (Å²) in [4.78, 5) is 12.5. The van der Waals surface area contributed by atoms with E-state index in [1.807, 2.05) is 38.1 Å². The number of piperidine rings is 1. The number of carbonyl (C=O) groups excluding carboxylic acids is 1. The molecule has 0 unspecified atom stereocenters. The molecule has 0 aliphatic carbocycles. The SMILES string of the molecule is CC(C)(C(=O)NC1CCNCC1)c1ccc(Br)cc1.Cl. The first-order valence-electron chi connectivity index (χ1n) is 6.78. The fourth-order valence-corrected chi connectivity index (χ4v) is 2.59. The molecule has 1 aliphatic heterocycles. The van der Waals surface area contributed by atoms with Crippen LogP contribution in [-0.2, 0) is 10.2 Å². The highest BCUT2D eigenvalue weighted by atomic mass is 79.9. The Bertz CT molecular complexity index is 442. The molecule has 0 radical (unpaired) electrons. The van der Waals surface area contributed by atoms with Gasteiger partial charge in [0.15, 0.2) is 0 Å².